The number of ether oxygens (including phenoxy) is 1. The average Bonchev–Trinajstić information content (AvgIpc) is 2.27. The van der Waals surface area contributed by atoms with E-state index in [4.69, 9.17) is 4.74 Å². The SMILES string of the molecule is CCN(CC)Cc1cccc(COC)c1. The standard InChI is InChI=1S/C13H21NO/c1-4-14(5-2)10-12-7-6-8-13(9-12)11-15-3/h6-9H,4-5,10-11H2,1-3H3. The monoisotopic (exact) mass is 207 g/mol. The summed E-state index contributed by atoms with van der Waals surface area (Å²) in [6.07, 6.45) is 0. The number of benzene rings is 1. The summed E-state index contributed by atoms with van der Waals surface area (Å²) in [5.74, 6) is 0. The zero-order valence-electron chi connectivity index (χ0n) is 9.99. The lowest BCUT2D eigenvalue weighted by Gasteiger charge is -2.18. The first-order chi connectivity index (χ1) is 7.30. The quantitative estimate of drug-likeness (QED) is 0.711. The van der Waals surface area contributed by atoms with E-state index in [0.29, 0.717) is 6.61 Å². The van der Waals surface area contributed by atoms with Gasteiger partial charge in [-0.25, -0.2) is 0 Å². The van der Waals surface area contributed by atoms with Gasteiger partial charge in [0.15, 0.2) is 0 Å². The van der Waals surface area contributed by atoms with Crippen LogP contribution in [-0.2, 0) is 17.9 Å². The minimum atomic E-state index is 0.700. The van der Waals surface area contributed by atoms with Gasteiger partial charge in [-0.2, -0.15) is 0 Å². The predicted molar refractivity (Wildman–Crippen MR) is 63.8 cm³/mol. The molecule has 2 heteroatoms. The molecule has 2 nitrogen and oxygen atoms in total. The van der Waals surface area contributed by atoms with Crippen molar-refractivity contribution in [1.82, 2.24) is 4.90 Å². The highest BCUT2D eigenvalue weighted by atomic mass is 16.5. The molecule has 0 N–H and O–H groups in total. The first-order valence-electron chi connectivity index (χ1n) is 5.59. The van der Waals surface area contributed by atoms with Crippen molar-refractivity contribution >= 4 is 0 Å². The molecular weight excluding hydrogens is 186 g/mol. The molecule has 0 aliphatic rings. The summed E-state index contributed by atoms with van der Waals surface area (Å²) in [7, 11) is 1.73. The van der Waals surface area contributed by atoms with Crippen LogP contribution in [0.1, 0.15) is 25.0 Å². The fourth-order valence-corrected chi connectivity index (χ4v) is 1.69. The van der Waals surface area contributed by atoms with Gasteiger partial charge in [0.25, 0.3) is 0 Å². The van der Waals surface area contributed by atoms with E-state index >= 15 is 0 Å². The predicted octanol–water partition coefficient (Wildman–Crippen LogP) is 2.67. The topological polar surface area (TPSA) is 12.5 Å². The van der Waals surface area contributed by atoms with Crippen molar-refractivity contribution in [2.24, 2.45) is 0 Å². The summed E-state index contributed by atoms with van der Waals surface area (Å²) in [5.41, 5.74) is 2.62. The fraction of sp³-hybridized carbons (Fsp3) is 0.538. The number of hydrogen-bond acceptors (Lipinski definition) is 2. The Hall–Kier alpha value is -0.860. The number of nitrogens with zero attached hydrogens (tertiary/aromatic N) is 1. The molecule has 0 heterocycles. The van der Waals surface area contributed by atoms with Gasteiger partial charge >= 0.3 is 0 Å². The van der Waals surface area contributed by atoms with Crippen LogP contribution in [0.4, 0.5) is 0 Å². The molecule has 0 unspecified atom stereocenters. The molecule has 1 rings (SSSR count). The Morgan fingerprint density at radius 2 is 1.80 bits per heavy atom. The summed E-state index contributed by atoms with van der Waals surface area (Å²) < 4.78 is 5.13. The molecule has 0 saturated heterocycles. The highest BCUT2D eigenvalue weighted by Crippen LogP contribution is 2.09. The van der Waals surface area contributed by atoms with Gasteiger partial charge < -0.3 is 4.74 Å². The van der Waals surface area contributed by atoms with Gasteiger partial charge in [-0.1, -0.05) is 38.1 Å². The van der Waals surface area contributed by atoms with Crippen molar-refractivity contribution in [1.29, 1.82) is 0 Å². The molecule has 0 aliphatic heterocycles. The smallest absolute Gasteiger partial charge is 0.0713 e. The van der Waals surface area contributed by atoms with Gasteiger partial charge in [0, 0.05) is 13.7 Å². The molecule has 0 bridgehead atoms. The van der Waals surface area contributed by atoms with Crippen molar-refractivity contribution in [3.8, 4) is 0 Å². The van der Waals surface area contributed by atoms with Gasteiger partial charge in [-0.05, 0) is 24.2 Å². The summed E-state index contributed by atoms with van der Waals surface area (Å²) in [4.78, 5) is 2.41. The maximum atomic E-state index is 5.13. The molecule has 0 aromatic heterocycles. The first kappa shape index (κ1) is 12.2. The summed E-state index contributed by atoms with van der Waals surface area (Å²) in [6.45, 7) is 8.33. The summed E-state index contributed by atoms with van der Waals surface area (Å²) in [5, 5.41) is 0. The third-order valence-electron chi connectivity index (χ3n) is 2.60. The maximum Gasteiger partial charge on any atom is 0.0713 e. The van der Waals surface area contributed by atoms with Crippen LogP contribution in [0.25, 0.3) is 0 Å². The minimum Gasteiger partial charge on any atom is -0.380 e. The third-order valence-corrected chi connectivity index (χ3v) is 2.60. The molecule has 1 aromatic rings. The Labute approximate surface area is 92.9 Å². The zero-order valence-corrected chi connectivity index (χ0v) is 9.99. The van der Waals surface area contributed by atoms with Gasteiger partial charge in [-0.15, -0.1) is 0 Å². The second-order valence-corrected chi connectivity index (χ2v) is 3.71. The number of hydrogen-bond donors (Lipinski definition) is 0. The minimum absolute atomic E-state index is 0.700. The van der Waals surface area contributed by atoms with Crippen molar-refractivity contribution in [3.63, 3.8) is 0 Å². The Bertz CT molecular complexity index is 282. The van der Waals surface area contributed by atoms with E-state index in [-0.39, 0.29) is 0 Å². The van der Waals surface area contributed by atoms with Crippen LogP contribution in [0.3, 0.4) is 0 Å². The van der Waals surface area contributed by atoms with Gasteiger partial charge in [0.2, 0.25) is 0 Å². The Balaban J connectivity index is 2.64. The van der Waals surface area contributed by atoms with Crippen molar-refractivity contribution < 1.29 is 4.74 Å². The van der Waals surface area contributed by atoms with Crippen molar-refractivity contribution in [3.05, 3.63) is 35.4 Å². The number of methoxy groups -OCH3 is 1. The van der Waals surface area contributed by atoms with Crippen LogP contribution in [-0.4, -0.2) is 25.1 Å². The molecule has 0 aliphatic carbocycles. The molecule has 0 amide bonds. The third kappa shape index (κ3) is 4.02. The lowest BCUT2D eigenvalue weighted by atomic mass is 10.1. The van der Waals surface area contributed by atoms with Crippen LogP contribution in [0, 0.1) is 0 Å². The molecule has 1 aromatic carbocycles. The van der Waals surface area contributed by atoms with Crippen molar-refractivity contribution in [2.75, 3.05) is 20.2 Å². The van der Waals surface area contributed by atoms with Crippen LogP contribution in [0.2, 0.25) is 0 Å². The molecule has 0 spiro atoms. The lowest BCUT2D eigenvalue weighted by Crippen LogP contribution is -2.22. The molecule has 0 fully saturated rings. The van der Waals surface area contributed by atoms with E-state index in [0.717, 1.165) is 19.6 Å². The normalized spacial score (nSPS) is 10.9. The molecular formula is C13H21NO. The van der Waals surface area contributed by atoms with E-state index in [1.54, 1.807) is 7.11 Å². The molecule has 0 saturated carbocycles. The first-order valence-corrected chi connectivity index (χ1v) is 5.59. The van der Waals surface area contributed by atoms with Crippen LogP contribution in [0.5, 0.6) is 0 Å². The Kier molecular flexibility index (Phi) is 5.37. The Morgan fingerprint density at radius 3 is 2.40 bits per heavy atom. The Morgan fingerprint density at radius 1 is 1.13 bits per heavy atom. The van der Waals surface area contributed by atoms with E-state index in [2.05, 4.69) is 43.0 Å². The molecule has 0 atom stereocenters. The maximum absolute atomic E-state index is 5.13. The van der Waals surface area contributed by atoms with Gasteiger partial charge in [0.05, 0.1) is 6.61 Å². The zero-order chi connectivity index (χ0) is 11.1. The summed E-state index contributed by atoms with van der Waals surface area (Å²) >= 11 is 0. The lowest BCUT2D eigenvalue weighted by molar-refractivity contribution is 0.184. The van der Waals surface area contributed by atoms with Crippen molar-refractivity contribution in [2.45, 2.75) is 27.0 Å². The van der Waals surface area contributed by atoms with Crippen LogP contribution in [0.15, 0.2) is 24.3 Å². The molecule has 84 valence electrons. The average molecular weight is 207 g/mol. The van der Waals surface area contributed by atoms with Crippen LogP contribution >= 0.6 is 0 Å². The largest absolute Gasteiger partial charge is 0.380 e. The summed E-state index contributed by atoms with van der Waals surface area (Å²) in [6, 6.07) is 8.61. The molecule has 0 radical (unpaired) electrons. The molecule has 15 heavy (non-hydrogen) atoms. The van der Waals surface area contributed by atoms with Crippen LogP contribution < -0.4 is 0 Å². The van der Waals surface area contributed by atoms with E-state index in [9.17, 15) is 0 Å². The second-order valence-electron chi connectivity index (χ2n) is 3.71. The highest BCUT2D eigenvalue weighted by Gasteiger charge is 2.01. The van der Waals surface area contributed by atoms with Gasteiger partial charge in [-0.3, -0.25) is 4.90 Å². The van der Waals surface area contributed by atoms with E-state index in [1.165, 1.54) is 11.1 Å². The van der Waals surface area contributed by atoms with E-state index in [1.807, 2.05) is 0 Å². The number of rotatable bonds is 6. The van der Waals surface area contributed by atoms with E-state index < -0.39 is 0 Å². The van der Waals surface area contributed by atoms with Gasteiger partial charge in [0.1, 0.15) is 0 Å². The fourth-order valence-electron chi connectivity index (χ4n) is 1.69. The second kappa shape index (κ2) is 6.59. The highest BCUT2D eigenvalue weighted by molar-refractivity contribution is 5.22.